The van der Waals surface area contributed by atoms with E-state index in [4.69, 9.17) is 0 Å². The van der Waals surface area contributed by atoms with Crippen LogP contribution >= 0.6 is 24.0 Å². The summed E-state index contributed by atoms with van der Waals surface area (Å²) in [5.74, 6) is -0.892. The molecule has 0 aliphatic carbocycles. The van der Waals surface area contributed by atoms with E-state index in [1.807, 2.05) is 6.07 Å². The summed E-state index contributed by atoms with van der Waals surface area (Å²) in [4.78, 5) is 3.69. The highest BCUT2D eigenvalue weighted by molar-refractivity contribution is 14.0. The zero-order valence-electron chi connectivity index (χ0n) is 14.8. The topological polar surface area (TPSA) is 70.6 Å². The molecule has 2 aromatic rings. The van der Waals surface area contributed by atoms with Crippen LogP contribution in [0.1, 0.15) is 5.56 Å². The smallest absolute Gasteiger partial charge is 0.191 e. The van der Waals surface area contributed by atoms with E-state index in [9.17, 15) is 17.2 Å². The minimum Gasteiger partial charge on any atom is -0.356 e. The van der Waals surface area contributed by atoms with Crippen LogP contribution in [0.4, 0.5) is 8.78 Å². The average Bonchev–Trinajstić information content (AvgIpc) is 2.60. The Morgan fingerprint density at radius 2 is 1.74 bits per heavy atom. The number of aliphatic imine (C=N–C) groups is 1. The minimum atomic E-state index is -3.73. The van der Waals surface area contributed by atoms with Crippen LogP contribution in [-0.4, -0.2) is 40.3 Å². The number of guanidine groups is 1. The molecular formula is C18H22F2IN3O2S. The normalized spacial score (nSPS) is 11.6. The predicted molar refractivity (Wildman–Crippen MR) is 113 cm³/mol. The highest BCUT2D eigenvalue weighted by Gasteiger charge is 2.18. The van der Waals surface area contributed by atoms with Gasteiger partial charge >= 0.3 is 0 Å². The van der Waals surface area contributed by atoms with Gasteiger partial charge in [0, 0.05) is 20.1 Å². The van der Waals surface area contributed by atoms with E-state index in [0.29, 0.717) is 18.9 Å². The molecule has 2 aromatic carbocycles. The van der Waals surface area contributed by atoms with Gasteiger partial charge in [-0.3, -0.25) is 4.99 Å². The highest BCUT2D eigenvalue weighted by atomic mass is 127. The monoisotopic (exact) mass is 509 g/mol. The maximum atomic E-state index is 13.6. The molecule has 0 atom stereocenters. The maximum Gasteiger partial charge on any atom is 0.191 e. The van der Waals surface area contributed by atoms with Crippen molar-refractivity contribution >= 4 is 39.8 Å². The van der Waals surface area contributed by atoms with Crippen molar-refractivity contribution in [3.8, 4) is 0 Å². The largest absolute Gasteiger partial charge is 0.356 e. The second-order valence-electron chi connectivity index (χ2n) is 5.55. The lowest BCUT2D eigenvalue weighted by molar-refractivity contribution is 0.566. The summed E-state index contributed by atoms with van der Waals surface area (Å²) in [5, 5.41) is 5.90. The molecule has 9 heteroatoms. The average molecular weight is 509 g/mol. The van der Waals surface area contributed by atoms with Gasteiger partial charge in [-0.1, -0.05) is 24.3 Å². The number of hydrogen-bond donors (Lipinski definition) is 2. The number of hydrogen-bond acceptors (Lipinski definition) is 3. The van der Waals surface area contributed by atoms with Crippen LogP contribution in [0.25, 0.3) is 0 Å². The molecule has 0 fully saturated rings. The summed E-state index contributed by atoms with van der Waals surface area (Å²) in [6, 6.07) is 11.6. The Labute approximate surface area is 175 Å². The van der Waals surface area contributed by atoms with Crippen LogP contribution < -0.4 is 10.6 Å². The molecule has 0 amide bonds. The lowest BCUT2D eigenvalue weighted by Crippen LogP contribution is -2.40. The molecule has 0 saturated carbocycles. The second kappa shape index (κ2) is 11.2. The summed E-state index contributed by atoms with van der Waals surface area (Å²) < 4.78 is 51.1. The first-order valence-corrected chi connectivity index (χ1v) is 9.74. The second-order valence-corrected chi connectivity index (χ2v) is 7.63. The molecule has 0 aliphatic rings. The molecule has 0 spiro atoms. The van der Waals surface area contributed by atoms with E-state index in [2.05, 4.69) is 15.6 Å². The fourth-order valence-electron chi connectivity index (χ4n) is 2.35. The van der Waals surface area contributed by atoms with Crippen molar-refractivity contribution in [2.45, 2.75) is 11.3 Å². The molecule has 5 nitrogen and oxygen atoms in total. The fraction of sp³-hybridized carbons (Fsp3) is 0.278. The third kappa shape index (κ3) is 7.41. The maximum absolute atomic E-state index is 13.6. The third-order valence-corrected chi connectivity index (χ3v) is 5.40. The van der Waals surface area contributed by atoms with Crippen LogP contribution in [-0.2, 0) is 16.3 Å². The first kappa shape index (κ1) is 23.3. The van der Waals surface area contributed by atoms with Crippen molar-refractivity contribution in [3.05, 3.63) is 65.7 Å². The van der Waals surface area contributed by atoms with Gasteiger partial charge in [0.2, 0.25) is 0 Å². The molecule has 148 valence electrons. The van der Waals surface area contributed by atoms with Crippen LogP contribution in [0.15, 0.2) is 58.4 Å². The summed E-state index contributed by atoms with van der Waals surface area (Å²) >= 11 is 0. The summed E-state index contributed by atoms with van der Waals surface area (Å²) in [6.07, 6.45) is 0.589. The Balaban J connectivity index is 0.00000364. The van der Waals surface area contributed by atoms with Gasteiger partial charge < -0.3 is 10.6 Å². The van der Waals surface area contributed by atoms with E-state index < -0.39 is 15.7 Å². The van der Waals surface area contributed by atoms with Crippen LogP contribution in [0.2, 0.25) is 0 Å². The number of halogens is 3. The third-order valence-electron chi connectivity index (χ3n) is 3.65. The van der Waals surface area contributed by atoms with Crippen LogP contribution in [0.5, 0.6) is 0 Å². The Hall–Kier alpha value is -1.75. The zero-order valence-corrected chi connectivity index (χ0v) is 17.9. The standard InChI is InChI=1S/C18H21F2N3O2S.HI/c1-21-18(22-10-9-14-5-4-6-15(19)13-14)23-11-12-26(24,25)17-8-3-2-7-16(17)20;/h2-8,13H,9-12H2,1H3,(H2,21,22,23);1H. The molecule has 0 aliphatic heterocycles. The van der Waals surface area contributed by atoms with Crippen molar-refractivity contribution in [2.24, 2.45) is 4.99 Å². The van der Waals surface area contributed by atoms with Crippen LogP contribution in [0, 0.1) is 11.6 Å². The molecule has 0 aromatic heterocycles. The number of rotatable bonds is 7. The van der Waals surface area contributed by atoms with Gasteiger partial charge in [-0.15, -0.1) is 24.0 Å². The lowest BCUT2D eigenvalue weighted by Gasteiger charge is -2.12. The Bertz CT molecular complexity index is 876. The molecule has 0 unspecified atom stereocenters. The molecular weight excluding hydrogens is 487 g/mol. The van der Waals surface area contributed by atoms with Gasteiger partial charge in [-0.25, -0.2) is 17.2 Å². The molecule has 0 saturated heterocycles. The SMILES string of the molecule is CN=C(NCCc1cccc(F)c1)NCCS(=O)(=O)c1ccccc1F.I. The molecule has 2 N–H and O–H groups in total. The summed E-state index contributed by atoms with van der Waals surface area (Å²) in [5.41, 5.74) is 0.843. The number of nitrogens with one attached hydrogen (secondary N) is 2. The van der Waals surface area contributed by atoms with E-state index in [0.717, 1.165) is 11.6 Å². The first-order chi connectivity index (χ1) is 12.4. The quantitative estimate of drug-likeness (QED) is 0.342. The van der Waals surface area contributed by atoms with Gasteiger partial charge in [0.05, 0.1) is 5.75 Å². The minimum absolute atomic E-state index is 0. The van der Waals surface area contributed by atoms with Crippen molar-refractivity contribution in [1.82, 2.24) is 10.6 Å². The van der Waals surface area contributed by atoms with E-state index in [-0.39, 0.29) is 47.0 Å². The van der Waals surface area contributed by atoms with Crippen LogP contribution in [0.3, 0.4) is 0 Å². The highest BCUT2D eigenvalue weighted by Crippen LogP contribution is 2.14. The number of nitrogens with zero attached hydrogens (tertiary/aromatic N) is 1. The molecule has 2 rings (SSSR count). The molecule has 0 radical (unpaired) electrons. The van der Waals surface area contributed by atoms with Gasteiger partial charge in [0.1, 0.15) is 16.5 Å². The number of sulfone groups is 1. The number of benzene rings is 2. The van der Waals surface area contributed by atoms with Gasteiger partial charge in [-0.2, -0.15) is 0 Å². The predicted octanol–water partition coefficient (Wildman–Crippen LogP) is 2.76. The summed E-state index contributed by atoms with van der Waals surface area (Å²) in [7, 11) is -2.17. The fourth-order valence-corrected chi connectivity index (χ4v) is 3.59. The molecule has 0 heterocycles. The van der Waals surface area contributed by atoms with Gasteiger partial charge in [0.15, 0.2) is 15.8 Å². The van der Waals surface area contributed by atoms with E-state index >= 15 is 0 Å². The summed E-state index contributed by atoms with van der Waals surface area (Å²) in [6.45, 7) is 0.583. The van der Waals surface area contributed by atoms with Crippen molar-refractivity contribution in [3.63, 3.8) is 0 Å². The Morgan fingerprint density at radius 1 is 1.04 bits per heavy atom. The molecule has 0 bridgehead atoms. The Kier molecular flexibility index (Phi) is 9.64. The van der Waals surface area contributed by atoms with Crippen molar-refractivity contribution < 1.29 is 17.2 Å². The molecule has 27 heavy (non-hydrogen) atoms. The van der Waals surface area contributed by atoms with Gasteiger partial charge in [-0.05, 0) is 36.2 Å². The van der Waals surface area contributed by atoms with Crippen molar-refractivity contribution in [2.75, 3.05) is 25.9 Å². The van der Waals surface area contributed by atoms with E-state index in [1.165, 1.54) is 30.3 Å². The Morgan fingerprint density at radius 3 is 2.41 bits per heavy atom. The zero-order chi connectivity index (χ0) is 19.0. The van der Waals surface area contributed by atoms with Crippen molar-refractivity contribution in [1.29, 1.82) is 0 Å². The first-order valence-electron chi connectivity index (χ1n) is 8.08. The lowest BCUT2D eigenvalue weighted by atomic mass is 10.1. The van der Waals surface area contributed by atoms with Gasteiger partial charge in [0.25, 0.3) is 0 Å². The van der Waals surface area contributed by atoms with E-state index in [1.54, 1.807) is 13.1 Å².